The number of aromatic amines is 1. The van der Waals surface area contributed by atoms with E-state index in [4.69, 9.17) is 19.9 Å². The first kappa shape index (κ1) is 42.8. The van der Waals surface area contributed by atoms with Gasteiger partial charge in [0.25, 0.3) is 0 Å². The van der Waals surface area contributed by atoms with E-state index >= 15 is 4.39 Å². The zero-order valence-corrected chi connectivity index (χ0v) is 35.1. The van der Waals surface area contributed by atoms with Crippen molar-refractivity contribution in [2.45, 2.75) is 84.0 Å². The minimum Gasteiger partial charge on any atom is -0.472 e. The second-order valence-corrected chi connectivity index (χ2v) is 16.3. The Hall–Kier alpha value is -6.33. The SMILES string of the molecule is COC(=O)N[C@H](C(=O)N1CC(F)C[C@H]1CN/C(=C\N)c1ccc2c(c1)c(F)c1n2COc2cc(-c3cnc([C@@H]4CCCN4C(=O)[C@@H](NC(=O)OC)C(C)C)[nH]3)ccc2-1)C(C)C. The smallest absolute Gasteiger partial charge is 0.407 e. The van der Waals surface area contributed by atoms with Gasteiger partial charge in [-0.1, -0.05) is 39.8 Å². The van der Waals surface area contributed by atoms with E-state index in [1.165, 1.54) is 25.3 Å². The molecule has 2 fully saturated rings. The number of nitrogens with one attached hydrogen (secondary N) is 4. The molecular weight excluding hydrogens is 793 g/mol. The molecule has 4 amide bonds. The van der Waals surface area contributed by atoms with E-state index in [1.54, 1.807) is 53.8 Å². The quantitative estimate of drug-likeness (QED) is 0.123. The molecule has 6 N–H and O–H groups in total. The van der Waals surface area contributed by atoms with Gasteiger partial charge in [-0.05, 0) is 54.5 Å². The molecule has 0 saturated carbocycles. The van der Waals surface area contributed by atoms with E-state index in [0.29, 0.717) is 63.7 Å². The van der Waals surface area contributed by atoms with Crippen molar-refractivity contribution in [2.75, 3.05) is 33.9 Å². The van der Waals surface area contributed by atoms with E-state index in [1.807, 2.05) is 26.0 Å². The Bertz CT molecular complexity index is 2340. The first-order valence-electron chi connectivity index (χ1n) is 20.5. The maximum absolute atomic E-state index is 16.6. The third-order valence-electron chi connectivity index (χ3n) is 11.8. The molecule has 3 aliphatic rings. The third-order valence-corrected chi connectivity index (χ3v) is 11.8. The van der Waals surface area contributed by atoms with Crippen molar-refractivity contribution < 1.29 is 42.2 Å². The van der Waals surface area contributed by atoms with Crippen LogP contribution in [0.5, 0.6) is 5.75 Å². The van der Waals surface area contributed by atoms with E-state index < -0.39 is 48.2 Å². The monoisotopic (exact) mass is 845 g/mol. The number of alkyl carbamates (subject to hydrolysis) is 2. The van der Waals surface area contributed by atoms with Crippen LogP contribution in [-0.2, 0) is 25.8 Å². The highest BCUT2D eigenvalue weighted by atomic mass is 19.1. The number of halogens is 2. The lowest BCUT2D eigenvalue weighted by molar-refractivity contribution is -0.136. The molecule has 0 aliphatic carbocycles. The van der Waals surface area contributed by atoms with Gasteiger partial charge in [-0.15, -0.1) is 0 Å². The first-order valence-corrected chi connectivity index (χ1v) is 20.5. The number of likely N-dealkylation sites (tertiary alicyclic amines) is 2. The number of nitrogens with two attached hydrogens (primary N) is 1. The van der Waals surface area contributed by atoms with Gasteiger partial charge < -0.3 is 55.2 Å². The van der Waals surface area contributed by atoms with E-state index in [0.717, 1.165) is 12.0 Å². The molecular formula is C43H53F2N9O7. The van der Waals surface area contributed by atoms with Crippen LogP contribution in [0.1, 0.15) is 64.4 Å². The maximum Gasteiger partial charge on any atom is 0.407 e. The van der Waals surface area contributed by atoms with Crippen molar-refractivity contribution in [1.29, 1.82) is 0 Å². The lowest BCUT2D eigenvalue weighted by Gasteiger charge is -2.31. The fraction of sp³-hybridized carbons (Fsp3) is 0.465. The highest BCUT2D eigenvalue weighted by Gasteiger charge is 2.40. The molecule has 61 heavy (non-hydrogen) atoms. The molecule has 0 radical (unpaired) electrons. The zero-order valence-electron chi connectivity index (χ0n) is 35.1. The van der Waals surface area contributed by atoms with Gasteiger partial charge in [0.05, 0.1) is 61.6 Å². The largest absolute Gasteiger partial charge is 0.472 e. The molecule has 0 spiro atoms. The summed E-state index contributed by atoms with van der Waals surface area (Å²) < 4.78 is 48.7. The number of carbonyl (C=O) groups excluding carboxylic acids is 4. The van der Waals surface area contributed by atoms with Crippen molar-refractivity contribution >= 4 is 40.6 Å². The molecule has 2 aromatic carbocycles. The topological polar surface area (TPSA) is 198 Å². The Morgan fingerprint density at radius 1 is 1.00 bits per heavy atom. The predicted molar refractivity (Wildman–Crippen MR) is 223 cm³/mol. The summed E-state index contributed by atoms with van der Waals surface area (Å²) in [6.45, 7) is 7.94. The summed E-state index contributed by atoms with van der Waals surface area (Å²) in [5.41, 5.74) is 10.1. The number of ether oxygens (including phenoxy) is 3. The van der Waals surface area contributed by atoms with E-state index in [-0.39, 0.29) is 50.0 Å². The Labute approximate surface area is 352 Å². The van der Waals surface area contributed by atoms with Crippen LogP contribution < -0.4 is 26.4 Å². The van der Waals surface area contributed by atoms with E-state index in [2.05, 4.69) is 25.9 Å². The Morgan fingerprint density at radius 3 is 2.34 bits per heavy atom. The number of carbonyl (C=O) groups is 4. The minimum atomic E-state index is -1.25. The van der Waals surface area contributed by atoms with Crippen LogP contribution in [-0.4, -0.2) is 106 Å². The molecule has 0 bridgehead atoms. The van der Waals surface area contributed by atoms with Crippen LogP contribution >= 0.6 is 0 Å². The first-order chi connectivity index (χ1) is 29.2. The number of benzene rings is 2. The second kappa shape index (κ2) is 17.7. The number of amides is 4. The molecule has 2 aromatic heterocycles. The number of H-pyrrole nitrogens is 1. The van der Waals surface area contributed by atoms with Crippen LogP contribution in [0.4, 0.5) is 18.4 Å². The average molecular weight is 846 g/mol. The average Bonchev–Trinajstić information content (AvgIpc) is 4.07. The molecule has 18 heteroatoms. The zero-order chi connectivity index (χ0) is 43.7. The number of rotatable bonds is 12. The van der Waals surface area contributed by atoms with Gasteiger partial charge in [-0.3, -0.25) is 9.59 Å². The second-order valence-electron chi connectivity index (χ2n) is 16.3. The molecule has 5 atom stereocenters. The van der Waals surface area contributed by atoms with Gasteiger partial charge in [-0.25, -0.2) is 23.4 Å². The third kappa shape index (κ3) is 8.39. The van der Waals surface area contributed by atoms with Gasteiger partial charge in [-0.2, -0.15) is 0 Å². The molecule has 7 rings (SSSR count). The normalized spacial score (nSPS) is 19.6. The lowest BCUT2D eigenvalue weighted by atomic mass is 10.0. The van der Waals surface area contributed by atoms with Crippen LogP contribution in [0.15, 0.2) is 48.8 Å². The molecule has 4 aromatic rings. The number of hydrogen-bond donors (Lipinski definition) is 5. The number of methoxy groups -OCH3 is 2. The molecule has 3 aliphatic heterocycles. The van der Waals surface area contributed by atoms with Crippen LogP contribution in [0.2, 0.25) is 0 Å². The van der Waals surface area contributed by atoms with Crippen molar-refractivity contribution in [2.24, 2.45) is 17.6 Å². The number of aromatic nitrogens is 3. The van der Waals surface area contributed by atoms with E-state index in [9.17, 15) is 23.6 Å². The fourth-order valence-electron chi connectivity index (χ4n) is 8.55. The fourth-order valence-corrected chi connectivity index (χ4v) is 8.55. The highest BCUT2D eigenvalue weighted by molar-refractivity contribution is 5.92. The number of nitrogens with zero attached hydrogens (tertiary/aromatic N) is 4. The van der Waals surface area contributed by atoms with Crippen molar-refractivity contribution in [3.8, 4) is 28.3 Å². The molecule has 326 valence electrons. The van der Waals surface area contributed by atoms with Crippen LogP contribution in [0.25, 0.3) is 39.1 Å². The Balaban J connectivity index is 1.08. The van der Waals surface area contributed by atoms with Crippen molar-refractivity contribution in [3.63, 3.8) is 0 Å². The number of hydrogen-bond acceptors (Lipinski definition) is 10. The standard InChI is InChI=1S/C43H53F2N9O7/c1-22(2)36(50-42(57)59-5)40(55)52-13-7-8-33(52)39-48-19-31(49-39)25-9-11-28-34(15-25)61-21-54-32-12-10-24(14-29(32)35(45)38(28)54)30(17-46)47-18-27-16-26(44)20-53(27)41(56)37(23(3)4)51-43(58)60-6/h9-12,14-15,17,19,22-23,26-27,33,36-37,47H,7-8,13,16,18,20-21,46H2,1-6H3,(H,48,49)(H,50,57)(H,51,58)/b30-17-/t26?,27-,33-,36-,37-/m0/s1. The Morgan fingerprint density at radius 2 is 1.69 bits per heavy atom. The summed E-state index contributed by atoms with van der Waals surface area (Å²) in [5.74, 6) is -0.368. The lowest BCUT2D eigenvalue weighted by Crippen LogP contribution is -2.53. The van der Waals surface area contributed by atoms with Gasteiger partial charge in [0, 0.05) is 42.2 Å². The van der Waals surface area contributed by atoms with Crippen LogP contribution in [0, 0.1) is 17.7 Å². The van der Waals surface area contributed by atoms with Crippen molar-refractivity contribution in [1.82, 2.24) is 40.3 Å². The van der Waals surface area contributed by atoms with Gasteiger partial charge >= 0.3 is 12.2 Å². The summed E-state index contributed by atoms with van der Waals surface area (Å²) in [6, 6.07) is 8.29. The summed E-state index contributed by atoms with van der Waals surface area (Å²) in [4.78, 5) is 62.3. The van der Waals surface area contributed by atoms with Gasteiger partial charge in [0.15, 0.2) is 12.5 Å². The predicted octanol–water partition coefficient (Wildman–Crippen LogP) is 5.40. The van der Waals surface area contributed by atoms with Gasteiger partial charge in [0.1, 0.15) is 29.8 Å². The highest BCUT2D eigenvalue weighted by Crippen LogP contribution is 2.43. The molecule has 2 saturated heterocycles. The molecule has 16 nitrogen and oxygen atoms in total. The Kier molecular flexibility index (Phi) is 12.4. The number of fused-ring (bicyclic) bond motifs is 5. The minimum absolute atomic E-state index is 0.0610. The summed E-state index contributed by atoms with van der Waals surface area (Å²) in [7, 11) is 2.47. The van der Waals surface area contributed by atoms with Crippen molar-refractivity contribution in [3.05, 3.63) is 66.0 Å². The number of alkyl halides is 1. The van der Waals surface area contributed by atoms with Crippen LogP contribution in [0.3, 0.4) is 0 Å². The van der Waals surface area contributed by atoms with Gasteiger partial charge in [0.2, 0.25) is 11.8 Å². The summed E-state index contributed by atoms with van der Waals surface area (Å²) >= 11 is 0. The number of imidazole rings is 1. The summed E-state index contributed by atoms with van der Waals surface area (Å²) in [5, 5.41) is 8.82. The maximum atomic E-state index is 16.6. The summed E-state index contributed by atoms with van der Waals surface area (Å²) in [6.07, 6.45) is 1.97. The molecule has 5 heterocycles. The molecule has 1 unspecified atom stereocenters.